The fourth-order valence-electron chi connectivity index (χ4n) is 3.16. The monoisotopic (exact) mass is 502 g/mol. The number of aliphatic imine (C=N–C) groups is 1. The number of nitrogens with zero attached hydrogens (tertiary/aromatic N) is 4. The van der Waals surface area contributed by atoms with Gasteiger partial charge in [0.1, 0.15) is 0 Å². The summed E-state index contributed by atoms with van der Waals surface area (Å²) in [6.45, 7) is 6.60. The standard InChI is InChI=1S/C19H27ClN6.HI/c1-2-21-19(22-9-4-11-26-12-5-10-23-26)24-17-8-13-25(15-17)18-7-3-6-16(20)14-18;/h3,5-7,10,12,14,17H,2,4,8-9,11,13,15H2,1H3,(H2,21,22,24);1H. The van der Waals surface area contributed by atoms with E-state index in [0.29, 0.717) is 6.04 Å². The Morgan fingerprint density at radius 1 is 1.37 bits per heavy atom. The highest BCUT2D eigenvalue weighted by molar-refractivity contribution is 14.0. The molecule has 1 fully saturated rings. The number of nitrogens with one attached hydrogen (secondary N) is 2. The van der Waals surface area contributed by atoms with E-state index in [1.54, 1.807) is 6.20 Å². The molecule has 1 unspecified atom stereocenters. The van der Waals surface area contributed by atoms with Gasteiger partial charge in [0.2, 0.25) is 0 Å². The van der Waals surface area contributed by atoms with Crippen LogP contribution in [0, 0.1) is 0 Å². The topological polar surface area (TPSA) is 57.5 Å². The predicted octanol–water partition coefficient (Wildman–Crippen LogP) is 3.38. The van der Waals surface area contributed by atoms with Gasteiger partial charge in [0.25, 0.3) is 0 Å². The molecular formula is C19H28ClIN6. The van der Waals surface area contributed by atoms with Crippen molar-refractivity contribution in [1.82, 2.24) is 20.4 Å². The number of benzene rings is 1. The zero-order valence-electron chi connectivity index (χ0n) is 15.6. The number of halogens is 2. The van der Waals surface area contributed by atoms with Gasteiger partial charge in [0, 0.05) is 61.9 Å². The van der Waals surface area contributed by atoms with Crippen molar-refractivity contribution in [2.45, 2.75) is 32.4 Å². The van der Waals surface area contributed by atoms with Gasteiger partial charge >= 0.3 is 0 Å². The maximum atomic E-state index is 6.12. The molecule has 6 nitrogen and oxygen atoms in total. The number of aromatic nitrogens is 2. The molecule has 0 bridgehead atoms. The number of guanidine groups is 1. The molecule has 8 heteroatoms. The van der Waals surface area contributed by atoms with Crippen molar-refractivity contribution in [3.63, 3.8) is 0 Å². The fraction of sp³-hybridized carbons (Fsp3) is 0.474. The highest BCUT2D eigenvalue weighted by atomic mass is 127. The summed E-state index contributed by atoms with van der Waals surface area (Å²) in [5.41, 5.74) is 1.18. The molecular weight excluding hydrogens is 475 g/mol. The first-order chi connectivity index (χ1) is 12.7. The molecule has 0 amide bonds. The second-order valence-corrected chi connectivity index (χ2v) is 6.88. The second kappa shape index (κ2) is 11.4. The lowest BCUT2D eigenvalue weighted by atomic mass is 10.2. The van der Waals surface area contributed by atoms with Crippen LogP contribution < -0.4 is 15.5 Å². The number of hydrogen-bond donors (Lipinski definition) is 2. The number of rotatable bonds is 7. The van der Waals surface area contributed by atoms with Gasteiger partial charge in [-0.15, -0.1) is 24.0 Å². The van der Waals surface area contributed by atoms with E-state index in [4.69, 9.17) is 16.6 Å². The smallest absolute Gasteiger partial charge is 0.191 e. The van der Waals surface area contributed by atoms with E-state index < -0.39 is 0 Å². The minimum atomic E-state index is 0. The zero-order valence-corrected chi connectivity index (χ0v) is 18.7. The molecule has 1 aliphatic rings. The summed E-state index contributed by atoms with van der Waals surface area (Å²) in [5.74, 6) is 0.894. The van der Waals surface area contributed by atoms with Crippen LogP contribution >= 0.6 is 35.6 Å². The van der Waals surface area contributed by atoms with Crippen LogP contribution in [0.3, 0.4) is 0 Å². The van der Waals surface area contributed by atoms with Gasteiger partial charge in [-0.05, 0) is 44.0 Å². The van der Waals surface area contributed by atoms with E-state index >= 15 is 0 Å². The number of hydrogen-bond acceptors (Lipinski definition) is 3. The third-order valence-corrected chi connectivity index (χ3v) is 4.66. The van der Waals surface area contributed by atoms with Gasteiger partial charge in [0.15, 0.2) is 5.96 Å². The summed E-state index contributed by atoms with van der Waals surface area (Å²) in [5, 5.41) is 11.9. The lowest BCUT2D eigenvalue weighted by Crippen LogP contribution is -2.44. The lowest BCUT2D eigenvalue weighted by molar-refractivity contribution is 0.581. The average molecular weight is 503 g/mol. The predicted molar refractivity (Wildman–Crippen MR) is 123 cm³/mol. The summed E-state index contributed by atoms with van der Waals surface area (Å²) in [6.07, 6.45) is 5.85. The Labute approximate surface area is 183 Å². The van der Waals surface area contributed by atoms with Gasteiger partial charge in [-0.2, -0.15) is 5.10 Å². The maximum Gasteiger partial charge on any atom is 0.191 e. The number of anilines is 1. The van der Waals surface area contributed by atoms with Gasteiger partial charge in [-0.1, -0.05) is 17.7 Å². The summed E-state index contributed by atoms with van der Waals surface area (Å²) < 4.78 is 1.94. The van der Waals surface area contributed by atoms with E-state index in [0.717, 1.165) is 56.5 Å². The zero-order chi connectivity index (χ0) is 18.2. The molecule has 1 aromatic heterocycles. The molecule has 1 saturated heterocycles. The third kappa shape index (κ3) is 6.88. The van der Waals surface area contributed by atoms with Crippen LogP contribution in [-0.4, -0.2) is 48.0 Å². The van der Waals surface area contributed by atoms with Crippen molar-refractivity contribution in [2.75, 3.05) is 31.1 Å². The Morgan fingerprint density at radius 2 is 2.26 bits per heavy atom. The molecule has 3 rings (SSSR count). The largest absolute Gasteiger partial charge is 0.369 e. The molecule has 0 spiro atoms. The Hall–Kier alpha value is -1.48. The molecule has 1 atom stereocenters. The molecule has 0 aliphatic carbocycles. The van der Waals surface area contributed by atoms with Crippen LogP contribution in [0.5, 0.6) is 0 Å². The van der Waals surface area contributed by atoms with E-state index in [9.17, 15) is 0 Å². The van der Waals surface area contributed by atoms with Gasteiger partial charge in [-0.3, -0.25) is 9.67 Å². The Balaban J connectivity index is 0.00000261. The molecule has 2 aromatic rings. The summed E-state index contributed by atoms with van der Waals surface area (Å²) in [7, 11) is 0. The normalized spacial score (nSPS) is 16.9. The Morgan fingerprint density at radius 3 is 3.00 bits per heavy atom. The van der Waals surface area contributed by atoms with E-state index in [1.807, 2.05) is 35.1 Å². The Kier molecular flexibility index (Phi) is 9.20. The highest BCUT2D eigenvalue weighted by Gasteiger charge is 2.23. The van der Waals surface area contributed by atoms with Crippen LogP contribution in [-0.2, 0) is 6.54 Å². The van der Waals surface area contributed by atoms with Crippen molar-refractivity contribution in [3.8, 4) is 0 Å². The van der Waals surface area contributed by atoms with Crippen LogP contribution in [0.4, 0.5) is 5.69 Å². The van der Waals surface area contributed by atoms with Crippen molar-refractivity contribution in [1.29, 1.82) is 0 Å². The fourth-order valence-corrected chi connectivity index (χ4v) is 3.34. The number of aryl methyl sites for hydroxylation is 1. The average Bonchev–Trinajstić information content (AvgIpc) is 3.31. The van der Waals surface area contributed by atoms with Crippen LogP contribution in [0.15, 0.2) is 47.7 Å². The minimum absolute atomic E-state index is 0. The van der Waals surface area contributed by atoms with Crippen LogP contribution in [0.25, 0.3) is 0 Å². The first-order valence-corrected chi connectivity index (χ1v) is 9.65. The van der Waals surface area contributed by atoms with Crippen molar-refractivity contribution >= 4 is 47.2 Å². The van der Waals surface area contributed by atoms with Crippen LogP contribution in [0.1, 0.15) is 19.8 Å². The minimum Gasteiger partial charge on any atom is -0.369 e. The molecule has 2 heterocycles. The summed E-state index contributed by atoms with van der Waals surface area (Å²) >= 11 is 6.12. The maximum absolute atomic E-state index is 6.12. The SMILES string of the molecule is CCNC(=NCCCn1cccn1)NC1CCN(c2cccc(Cl)c2)C1.I. The Bertz CT molecular complexity index is 706. The van der Waals surface area contributed by atoms with Crippen molar-refractivity contribution < 1.29 is 0 Å². The van der Waals surface area contributed by atoms with Gasteiger partial charge in [0.05, 0.1) is 0 Å². The molecule has 148 valence electrons. The van der Waals surface area contributed by atoms with Gasteiger partial charge < -0.3 is 15.5 Å². The summed E-state index contributed by atoms with van der Waals surface area (Å²) in [4.78, 5) is 7.07. The van der Waals surface area contributed by atoms with E-state index in [1.165, 1.54) is 5.69 Å². The summed E-state index contributed by atoms with van der Waals surface area (Å²) in [6, 6.07) is 10.4. The highest BCUT2D eigenvalue weighted by Crippen LogP contribution is 2.23. The molecule has 0 radical (unpaired) electrons. The third-order valence-electron chi connectivity index (χ3n) is 4.42. The quantitative estimate of drug-likeness (QED) is 0.264. The second-order valence-electron chi connectivity index (χ2n) is 6.44. The van der Waals surface area contributed by atoms with Gasteiger partial charge in [-0.25, -0.2) is 0 Å². The van der Waals surface area contributed by atoms with E-state index in [2.05, 4.69) is 33.6 Å². The lowest BCUT2D eigenvalue weighted by Gasteiger charge is -2.20. The molecule has 0 saturated carbocycles. The van der Waals surface area contributed by atoms with Crippen molar-refractivity contribution in [2.24, 2.45) is 4.99 Å². The molecule has 27 heavy (non-hydrogen) atoms. The van der Waals surface area contributed by atoms with E-state index in [-0.39, 0.29) is 24.0 Å². The molecule has 1 aromatic carbocycles. The first-order valence-electron chi connectivity index (χ1n) is 9.27. The van der Waals surface area contributed by atoms with Crippen LogP contribution in [0.2, 0.25) is 5.02 Å². The van der Waals surface area contributed by atoms with Crippen molar-refractivity contribution in [3.05, 3.63) is 47.7 Å². The molecule has 1 aliphatic heterocycles. The molecule has 2 N–H and O–H groups in total. The first kappa shape index (κ1) is 21.8.